The Balaban J connectivity index is 2.34. The second kappa shape index (κ2) is 4.48. The highest BCUT2D eigenvalue weighted by molar-refractivity contribution is 7.89. The molecule has 2 aromatic rings. The average Bonchev–Trinajstić information content (AvgIpc) is 2.64. The van der Waals surface area contributed by atoms with E-state index >= 15 is 0 Å². The molecule has 8 heteroatoms. The van der Waals surface area contributed by atoms with Crippen LogP contribution in [0, 0.1) is 0 Å². The summed E-state index contributed by atoms with van der Waals surface area (Å²) < 4.78 is 24.0. The number of H-pyrrole nitrogens is 2. The lowest BCUT2D eigenvalue weighted by Crippen LogP contribution is -2.33. The van der Waals surface area contributed by atoms with Crippen molar-refractivity contribution in [3.63, 3.8) is 0 Å². The standard InChI is InChI=1S/C11H15N3O4S/c1-11(2,3)18-14-19(16,17)7-4-5-8-9(6-7)13-10(15)12-8/h4-6,14H,1-3H3,(H2,12,13,15). The number of rotatable bonds is 3. The highest BCUT2D eigenvalue weighted by Crippen LogP contribution is 2.16. The van der Waals surface area contributed by atoms with Gasteiger partial charge in [-0.3, -0.25) is 4.84 Å². The Bertz CT molecular complexity index is 752. The van der Waals surface area contributed by atoms with Crippen molar-refractivity contribution in [2.75, 3.05) is 0 Å². The van der Waals surface area contributed by atoms with Gasteiger partial charge in [0.25, 0.3) is 10.0 Å². The molecule has 0 spiro atoms. The molecular weight excluding hydrogens is 270 g/mol. The van der Waals surface area contributed by atoms with Crippen LogP contribution in [0.5, 0.6) is 0 Å². The van der Waals surface area contributed by atoms with Gasteiger partial charge in [-0.2, -0.15) is 0 Å². The van der Waals surface area contributed by atoms with Crippen molar-refractivity contribution in [3.8, 4) is 0 Å². The first-order chi connectivity index (χ1) is 8.67. The van der Waals surface area contributed by atoms with Gasteiger partial charge in [-0.25, -0.2) is 13.2 Å². The number of imidazole rings is 1. The summed E-state index contributed by atoms with van der Waals surface area (Å²) in [7, 11) is -3.78. The van der Waals surface area contributed by atoms with Crippen LogP contribution in [0.1, 0.15) is 20.8 Å². The summed E-state index contributed by atoms with van der Waals surface area (Å²) in [6.45, 7) is 5.17. The number of sulfonamides is 1. The van der Waals surface area contributed by atoms with Gasteiger partial charge < -0.3 is 9.97 Å². The predicted octanol–water partition coefficient (Wildman–Crippen LogP) is 0.865. The van der Waals surface area contributed by atoms with Crippen LogP contribution < -0.4 is 10.6 Å². The van der Waals surface area contributed by atoms with Crippen molar-refractivity contribution >= 4 is 21.1 Å². The zero-order valence-corrected chi connectivity index (χ0v) is 11.6. The van der Waals surface area contributed by atoms with E-state index in [2.05, 4.69) is 14.9 Å². The first-order valence-corrected chi connectivity index (χ1v) is 7.08. The second-order valence-corrected chi connectivity index (χ2v) is 6.73. The van der Waals surface area contributed by atoms with Crippen LogP contribution in [-0.2, 0) is 14.9 Å². The normalized spacial score (nSPS) is 13.0. The minimum Gasteiger partial charge on any atom is -0.306 e. The number of benzene rings is 1. The Hall–Kier alpha value is -1.64. The fourth-order valence-electron chi connectivity index (χ4n) is 1.41. The van der Waals surface area contributed by atoms with Crippen molar-refractivity contribution in [2.24, 2.45) is 0 Å². The number of hydrogen-bond acceptors (Lipinski definition) is 4. The van der Waals surface area contributed by atoms with E-state index in [0.717, 1.165) is 0 Å². The van der Waals surface area contributed by atoms with Crippen LogP contribution in [0.3, 0.4) is 0 Å². The summed E-state index contributed by atoms with van der Waals surface area (Å²) >= 11 is 0. The lowest BCUT2D eigenvalue weighted by molar-refractivity contribution is -0.0357. The van der Waals surface area contributed by atoms with E-state index in [9.17, 15) is 13.2 Å². The maximum absolute atomic E-state index is 12.0. The maximum Gasteiger partial charge on any atom is 0.323 e. The molecule has 0 atom stereocenters. The van der Waals surface area contributed by atoms with Gasteiger partial charge in [-0.15, -0.1) is 0 Å². The van der Waals surface area contributed by atoms with Crippen LogP contribution in [0.25, 0.3) is 11.0 Å². The number of fused-ring (bicyclic) bond motifs is 1. The fourth-order valence-corrected chi connectivity index (χ4v) is 2.38. The summed E-state index contributed by atoms with van der Waals surface area (Å²) in [5.41, 5.74) is -0.0627. The van der Waals surface area contributed by atoms with Crippen LogP contribution >= 0.6 is 0 Å². The molecule has 0 fully saturated rings. The lowest BCUT2D eigenvalue weighted by atomic mass is 10.2. The SMILES string of the molecule is CC(C)(C)ONS(=O)(=O)c1ccc2[nH]c(=O)[nH]c2c1. The van der Waals surface area contributed by atoms with Gasteiger partial charge in [0.05, 0.1) is 21.5 Å². The third-order valence-electron chi connectivity index (χ3n) is 2.26. The molecule has 0 unspecified atom stereocenters. The molecule has 1 aromatic heterocycles. The van der Waals surface area contributed by atoms with Crippen molar-refractivity contribution < 1.29 is 13.3 Å². The van der Waals surface area contributed by atoms with Crippen LogP contribution in [0.15, 0.2) is 27.9 Å². The van der Waals surface area contributed by atoms with Crippen molar-refractivity contribution in [2.45, 2.75) is 31.3 Å². The van der Waals surface area contributed by atoms with Crippen molar-refractivity contribution in [3.05, 3.63) is 28.7 Å². The van der Waals surface area contributed by atoms with E-state index in [-0.39, 0.29) is 10.6 Å². The summed E-state index contributed by atoms with van der Waals surface area (Å²) in [6.07, 6.45) is 0. The molecule has 0 saturated heterocycles. The highest BCUT2D eigenvalue weighted by Gasteiger charge is 2.19. The number of aromatic amines is 2. The Labute approximate surface area is 110 Å². The first kappa shape index (κ1) is 13.8. The third-order valence-corrected chi connectivity index (χ3v) is 3.43. The topological polar surface area (TPSA) is 104 Å². The van der Waals surface area contributed by atoms with E-state index in [4.69, 9.17) is 4.84 Å². The van der Waals surface area contributed by atoms with Gasteiger partial charge in [0.2, 0.25) is 0 Å². The van der Waals surface area contributed by atoms with E-state index < -0.39 is 15.6 Å². The maximum atomic E-state index is 12.0. The highest BCUT2D eigenvalue weighted by atomic mass is 32.2. The molecule has 0 aliphatic rings. The van der Waals surface area contributed by atoms with Gasteiger partial charge in [0, 0.05) is 0 Å². The minimum atomic E-state index is -3.78. The quantitative estimate of drug-likeness (QED) is 0.728. The zero-order chi connectivity index (χ0) is 14.3. The molecule has 104 valence electrons. The van der Waals surface area contributed by atoms with Crippen LogP contribution in [-0.4, -0.2) is 24.0 Å². The van der Waals surface area contributed by atoms with Gasteiger partial charge in [-0.1, -0.05) is 4.89 Å². The molecule has 0 aliphatic heterocycles. The summed E-state index contributed by atoms with van der Waals surface area (Å²) in [5.74, 6) is 0. The molecule has 1 aromatic carbocycles. The first-order valence-electron chi connectivity index (χ1n) is 5.59. The molecule has 2 rings (SSSR count). The third kappa shape index (κ3) is 3.22. The Morgan fingerprint density at radius 1 is 1.16 bits per heavy atom. The molecule has 1 heterocycles. The second-order valence-electron chi connectivity index (χ2n) is 5.09. The largest absolute Gasteiger partial charge is 0.323 e. The fraction of sp³-hybridized carbons (Fsp3) is 0.364. The predicted molar refractivity (Wildman–Crippen MR) is 70.1 cm³/mol. The number of hydrogen-bond donors (Lipinski definition) is 3. The monoisotopic (exact) mass is 285 g/mol. The van der Waals surface area contributed by atoms with E-state index in [1.807, 2.05) is 0 Å². The summed E-state index contributed by atoms with van der Waals surface area (Å²) in [4.78, 5) is 23.3. The molecule has 0 saturated carbocycles. The Morgan fingerprint density at radius 3 is 2.42 bits per heavy atom. The summed E-state index contributed by atoms with van der Waals surface area (Å²) in [6, 6.07) is 4.26. The smallest absolute Gasteiger partial charge is 0.306 e. The molecule has 0 radical (unpaired) electrons. The van der Waals surface area contributed by atoms with E-state index in [1.165, 1.54) is 18.2 Å². The molecule has 3 N–H and O–H groups in total. The van der Waals surface area contributed by atoms with Crippen molar-refractivity contribution in [1.82, 2.24) is 14.9 Å². The number of aromatic nitrogens is 2. The number of nitrogens with one attached hydrogen (secondary N) is 3. The molecule has 19 heavy (non-hydrogen) atoms. The molecule has 7 nitrogen and oxygen atoms in total. The molecule has 0 aliphatic carbocycles. The molecular formula is C11H15N3O4S. The Kier molecular flexibility index (Phi) is 3.25. The van der Waals surface area contributed by atoms with Gasteiger partial charge >= 0.3 is 5.69 Å². The van der Waals surface area contributed by atoms with Crippen LogP contribution in [0.4, 0.5) is 0 Å². The zero-order valence-electron chi connectivity index (χ0n) is 10.8. The van der Waals surface area contributed by atoms with E-state index in [1.54, 1.807) is 20.8 Å². The van der Waals surface area contributed by atoms with Gasteiger partial charge in [0.1, 0.15) is 0 Å². The molecule has 0 bridgehead atoms. The van der Waals surface area contributed by atoms with Crippen LogP contribution in [0.2, 0.25) is 0 Å². The average molecular weight is 285 g/mol. The van der Waals surface area contributed by atoms with Gasteiger partial charge in [0.15, 0.2) is 0 Å². The minimum absolute atomic E-state index is 0.0134. The van der Waals surface area contributed by atoms with E-state index in [0.29, 0.717) is 11.0 Å². The molecule has 0 amide bonds. The lowest BCUT2D eigenvalue weighted by Gasteiger charge is -2.19. The summed E-state index contributed by atoms with van der Waals surface area (Å²) in [5, 5.41) is 0. The van der Waals surface area contributed by atoms with Gasteiger partial charge in [-0.05, 0) is 39.0 Å². The van der Waals surface area contributed by atoms with Crippen molar-refractivity contribution in [1.29, 1.82) is 0 Å². The Morgan fingerprint density at radius 2 is 1.79 bits per heavy atom.